The number of hydrogen-bond donors (Lipinski definition) is 2. The Bertz CT molecular complexity index is 397. The lowest BCUT2D eigenvalue weighted by Gasteiger charge is -2.24. The molecule has 0 aliphatic rings. The lowest BCUT2D eigenvalue weighted by atomic mass is 10.0. The Labute approximate surface area is 97.0 Å². The van der Waals surface area contributed by atoms with Crippen molar-refractivity contribution in [3.05, 3.63) is 34.9 Å². The third kappa shape index (κ3) is 3.07. The molecule has 0 spiro atoms. The number of hydrogen-bond acceptors (Lipinski definition) is 2. The van der Waals surface area contributed by atoms with Crippen LogP contribution in [-0.2, 0) is 0 Å². The second-order valence-corrected chi connectivity index (χ2v) is 4.84. The van der Waals surface area contributed by atoms with Gasteiger partial charge in [-0.3, -0.25) is 4.79 Å². The SMILES string of the molecule is Cc1ccc(C(=O)NC(C)(C)CN)cc1C. The number of aryl methyl sites for hydroxylation is 2. The van der Waals surface area contributed by atoms with Gasteiger partial charge in [0.15, 0.2) is 0 Å². The smallest absolute Gasteiger partial charge is 0.251 e. The van der Waals surface area contributed by atoms with Gasteiger partial charge in [-0.05, 0) is 51.0 Å². The van der Waals surface area contributed by atoms with E-state index in [4.69, 9.17) is 5.73 Å². The lowest BCUT2D eigenvalue weighted by molar-refractivity contribution is 0.0915. The fourth-order valence-corrected chi connectivity index (χ4v) is 1.31. The molecule has 0 unspecified atom stereocenters. The van der Waals surface area contributed by atoms with Gasteiger partial charge in [0.1, 0.15) is 0 Å². The molecule has 3 N–H and O–H groups in total. The maximum absolute atomic E-state index is 11.9. The quantitative estimate of drug-likeness (QED) is 0.815. The molecule has 3 nitrogen and oxygen atoms in total. The summed E-state index contributed by atoms with van der Waals surface area (Å²) in [4.78, 5) is 11.9. The van der Waals surface area contributed by atoms with Crippen molar-refractivity contribution in [3.63, 3.8) is 0 Å². The Morgan fingerprint density at radius 1 is 1.31 bits per heavy atom. The van der Waals surface area contributed by atoms with Gasteiger partial charge in [0.05, 0.1) is 0 Å². The lowest BCUT2D eigenvalue weighted by Crippen LogP contribution is -2.48. The molecular formula is C13H20N2O. The molecule has 0 aliphatic carbocycles. The van der Waals surface area contributed by atoms with Crippen LogP contribution in [0.4, 0.5) is 0 Å². The van der Waals surface area contributed by atoms with E-state index in [-0.39, 0.29) is 11.4 Å². The minimum absolute atomic E-state index is 0.0708. The maximum Gasteiger partial charge on any atom is 0.251 e. The monoisotopic (exact) mass is 220 g/mol. The van der Waals surface area contributed by atoms with E-state index in [1.54, 1.807) is 0 Å². The number of amides is 1. The Hall–Kier alpha value is -1.35. The van der Waals surface area contributed by atoms with Crippen LogP contribution in [0.2, 0.25) is 0 Å². The predicted molar refractivity (Wildman–Crippen MR) is 66.5 cm³/mol. The van der Waals surface area contributed by atoms with Gasteiger partial charge in [-0.15, -0.1) is 0 Å². The van der Waals surface area contributed by atoms with Crippen LogP contribution < -0.4 is 11.1 Å². The van der Waals surface area contributed by atoms with E-state index in [1.165, 1.54) is 5.56 Å². The molecule has 1 rings (SSSR count). The summed E-state index contributed by atoms with van der Waals surface area (Å²) in [6.45, 7) is 8.27. The molecule has 3 heteroatoms. The summed E-state index contributed by atoms with van der Waals surface area (Å²) in [5, 5.41) is 2.90. The normalized spacial score (nSPS) is 11.3. The van der Waals surface area contributed by atoms with Gasteiger partial charge in [-0.25, -0.2) is 0 Å². The van der Waals surface area contributed by atoms with Crippen molar-refractivity contribution in [3.8, 4) is 0 Å². The highest BCUT2D eigenvalue weighted by atomic mass is 16.1. The van der Waals surface area contributed by atoms with Gasteiger partial charge < -0.3 is 11.1 Å². The van der Waals surface area contributed by atoms with Crippen molar-refractivity contribution in [2.24, 2.45) is 5.73 Å². The van der Waals surface area contributed by atoms with Crippen LogP contribution in [0.1, 0.15) is 35.3 Å². The van der Waals surface area contributed by atoms with Crippen LogP contribution in [0, 0.1) is 13.8 Å². The summed E-state index contributed by atoms with van der Waals surface area (Å²) in [5.74, 6) is -0.0708. The number of nitrogens with one attached hydrogen (secondary N) is 1. The average molecular weight is 220 g/mol. The first-order valence-electron chi connectivity index (χ1n) is 5.45. The fourth-order valence-electron chi connectivity index (χ4n) is 1.31. The summed E-state index contributed by atoms with van der Waals surface area (Å²) in [5.41, 5.74) is 8.20. The Morgan fingerprint density at radius 2 is 1.94 bits per heavy atom. The molecule has 0 saturated carbocycles. The molecule has 0 fully saturated rings. The van der Waals surface area contributed by atoms with Crippen molar-refractivity contribution >= 4 is 5.91 Å². The van der Waals surface area contributed by atoms with E-state index in [9.17, 15) is 4.79 Å². The average Bonchev–Trinajstić information content (AvgIpc) is 2.21. The number of carbonyl (C=O) groups is 1. The molecule has 0 aromatic heterocycles. The molecule has 1 aromatic rings. The topological polar surface area (TPSA) is 55.1 Å². The second kappa shape index (κ2) is 4.66. The summed E-state index contributed by atoms with van der Waals surface area (Å²) < 4.78 is 0. The van der Waals surface area contributed by atoms with Crippen molar-refractivity contribution in [2.75, 3.05) is 6.54 Å². The number of benzene rings is 1. The first-order valence-corrected chi connectivity index (χ1v) is 5.45. The van der Waals surface area contributed by atoms with Crippen molar-refractivity contribution in [1.82, 2.24) is 5.32 Å². The Morgan fingerprint density at radius 3 is 2.44 bits per heavy atom. The molecule has 0 aliphatic heterocycles. The van der Waals surface area contributed by atoms with Crippen LogP contribution in [0.25, 0.3) is 0 Å². The van der Waals surface area contributed by atoms with Crippen LogP contribution in [0.15, 0.2) is 18.2 Å². The summed E-state index contributed by atoms with van der Waals surface area (Å²) in [6.07, 6.45) is 0. The summed E-state index contributed by atoms with van der Waals surface area (Å²) in [7, 11) is 0. The number of nitrogens with two attached hydrogens (primary N) is 1. The Kier molecular flexibility index (Phi) is 3.70. The van der Waals surface area contributed by atoms with Gasteiger partial charge in [0.25, 0.3) is 5.91 Å². The standard InChI is InChI=1S/C13H20N2O/c1-9-5-6-11(7-10(9)2)12(16)15-13(3,4)8-14/h5-7H,8,14H2,1-4H3,(H,15,16). The Balaban J connectivity index is 2.85. The molecule has 16 heavy (non-hydrogen) atoms. The van der Waals surface area contributed by atoms with Crippen molar-refractivity contribution in [1.29, 1.82) is 0 Å². The summed E-state index contributed by atoms with van der Waals surface area (Å²) >= 11 is 0. The molecule has 0 bridgehead atoms. The third-order valence-electron chi connectivity index (χ3n) is 2.73. The first kappa shape index (κ1) is 12.7. The largest absolute Gasteiger partial charge is 0.346 e. The molecule has 0 radical (unpaired) electrons. The van der Waals surface area contributed by atoms with E-state index >= 15 is 0 Å². The summed E-state index contributed by atoms with van der Waals surface area (Å²) in [6, 6.07) is 5.70. The predicted octanol–water partition coefficient (Wildman–Crippen LogP) is 1.77. The molecule has 1 amide bonds. The molecule has 88 valence electrons. The number of rotatable bonds is 3. The van der Waals surface area contributed by atoms with Crippen LogP contribution in [0.5, 0.6) is 0 Å². The van der Waals surface area contributed by atoms with Gasteiger partial charge in [-0.2, -0.15) is 0 Å². The zero-order chi connectivity index (χ0) is 12.3. The van der Waals surface area contributed by atoms with Crippen molar-refractivity contribution < 1.29 is 4.79 Å². The highest BCUT2D eigenvalue weighted by Gasteiger charge is 2.19. The van der Waals surface area contributed by atoms with Gasteiger partial charge in [-0.1, -0.05) is 6.07 Å². The highest BCUT2D eigenvalue weighted by Crippen LogP contribution is 2.11. The molecular weight excluding hydrogens is 200 g/mol. The van der Waals surface area contributed by atoms with E-state index in [0.29, 0.717) is 12.1 Å². The van der Waals surface area contributed by atoms with Gasteiger partial charge in [0, 0.05) is 17.6 Å². The zero-order valence-electron chi connectivity index (χ0n) is 10.4. The number of carbonyl (C=O) groups excluding carboxylic acids is 1. The zero-order valence-corrected chi connectivity index (χ0v) is 10.4. The highest BCUT2D eigenvalue weighted by molar-refractivity contribution is 5.94. The van der Waals surface area contributed by atoms with Crippen molar-refractivity contribution in [2.45, 2.75) is 33.2 Å². The van der Waals surface area contributed by atoms with E-state index < -0.39 is 0 Å². The minimum Gasteiger partial charge on any atom is -0.346 e. The fraction of sp³-hybridized carbons (Fsp3) is 0.462. The van der Waals surface area contributed by atoms with Crippen LogP contribution >= 0.6 is 0 Å². The van der Waals surface area contributed by atoms with Gasteiger partial charge in [0.2, 0.25) is 0 Å². The van der Waals surface area contributed by atoms with Gasteiger partial charge >= 0.3 is 0 Å². The molecule has 0 heterocycles. The molecule has 1 aromatic carbocycles. The van der Waals surface area contributed by atoms with E-state index in [2.05, 4.69) is 5.32 Å². The molecule has 0 atom stereocenters. The van der Waals surface area contributed by atoms with Crippen LogP contribution in [-0.4, -0.2) is 18.0 Å². The third-order valence-corrected chi connectivity index (χ3v) is 2.73. The minimum atomic E-state index is -0.365. The second-order valence-electron chi connectivity index (χ2n) is 4.84. The maximum atomic E-state index is 11.9. The first-order chi connectivity index (χ1) is 7.35. The van der Waals surface area contributed by atoms with E-state index in [0.717, 1.165) is 5.56 Å². The van der Waals surface area contributed by atoms with E-state index in [1.807, 2.05) is 45.9 Å². The molecule has 0 saturated heterocycles. The van der Waals surface area contributed by atoms with Crippen LogP contribution in [0.3, 0.4) is 0 Å².